The van der Waals surface area contributed by atoms with Crippen LogP contribution in [0.1, 0.15) is 32.1 Å². The van der Waals surface area contributed by atoms with E-state index in [-0.39, 0.29) is 0 Å². The molecule has 4 nitrogen and oxygen atoms in total. The largest absolute Gasteiger partial charge is 0.313 e. The van der Waals surface area contributed by atoms with E-state index in [2.05, 4.69) is 15.5 Å². The zero-order valence-electron chi connectivity index (χ0n) is 11.1. The van der Waals surface area contributed by atoms with Gasteiger partial charge in [-0.3, -0.25) is 4.40 Å². The average molecular weight is 276 g/mol. The summed E-state index contributed by atoms with van der Waals surface area (Å²) in [5.41, 5.74) is 0.922. The van der Waals surface area contributed by atoms with Crippen molar-refractivity contribution in [3.63, 3.8) is 0 Å². The molecular formula is C14H20N4S. The second-order valence-electron chi connectivity index (χ2n) is 5.05. The first-order chi connectivity index (χ1) is 9.43. The van der Waals surface area contributed by atoms with Gasteiger partial charge in [0.25, 0.3) is 0 Å². The van der Waals surface area contributed by atoms with Crippen LogP contribution in [0.3, 0.4) is 0 Å². The number of nitrogens with zero attached hydrogens (tertiary/aromatic N) is 3. The molecule has 102 valence electrons. The molecule has 0 aromatic carbocycles. The van der Waals surface area contributed by atoms with Crippen molar-refractivity contribution in [1.82, 2.24) is 19.9 Å². The molecule has 2 aromatic rings. The van der Waals surface area contributed by atoms with E-state index in [9.17, 15) is 0 Å². The third kappa shape index (κ3) is 3.28. The van der Waals surface area contributed by atoms with E-state index in [0.29, 0.717) is 0 Å². The van der Waals surface area contributed by atoms with Gasteiger partial charge >= 0.3 is 0 Å². The smallest absolute Gasteiger partial charge is 0.195 e. The van der Waals surface area contributed by atoms with E-state index in [1.165, 1.54) is 32.1 Å². The van der Waals surface area contributed by atoms with Crippen LogP contribution in [-0.2, 0) is 0 Å². The van der Waals surface area contributed by atoms with Gasteiger partial charge in [0, 0.05) is 24.5 Å². The Balaban J connectivity index is 1.47. The van der Waals surface area contributed by atoms with Crippen LogP contribution in [0.4, 0.5) is 0 Å². The van der Waals surface area contributed by atoms with Gasteiger partial charge in [-0.2, -0.15) is 0 Å². The van der Waals surface area contributed by atoms with Crippen molar-refractivity contribution < 1.29 is 0 Å². The fourth-order valence-electron chi connectivity index (χ4n) is 2.63. The molecule has 3 rings (SSSR count). The van der Waals surface area contributed by atoms with Gasteiger partial charge in [0.2, 0.25) is 0 Å². The lowest BCUT2D eigenvalue weighted by molar-refractivity contribution is 0.381. The fourth-order valence-corrected chi connectivity index (χ4v) is 3.42. The summed E-state index contributed by atoms with van der Waals surface area (Å²) in [6.45, 7) is 1.05. The van der Waals surface area contributed by atoms with E-state index >= 15 is 0 Å². The molecule has 2 aromatic heterocycles. The first-order valence-electron chi connectivity index (χ1n) is 7.09. The summed E-state index contributed by atoms with van der Waals surface area (Å²) < 4.78 is 2.05. The molecule has 0 amide bonds. The van der Waals surface area contributed by atoms with Gasteiger partial charge < -0.3 is 5.32 Å². The summed E-state index contributed by atoms with van der Waals surface area (Å²) in [6.07, 6.45) is 8.90. The lowest BCUT2D eigenvalue weighted by Crippen LogP contribution is -2.32. The molecule has 2 heterocycles. The third-order valence-corrected chi connectivity index (χ3v) is 4.60. The quantitative estimate of drug-likeness (QED) is 0.673. The van der Waals surface area contributed by atoms with Crippen molar-refractivity contribution in [3.8, 4) is 0 Å². The molecule has 0 bridgehead atoms. The first kappa shape index (κ1) is 12.9. The number of aromatic nitrogens is 3. The van der Waals surface area contributed by atoms with Gasteiger partial charge in [0.1, 0.15) is 0 Å². The monoisotopic (exact) mass is 276 g/mol. The third-order valence-electron chi connectivity index (χ3n) is 3.65. The Kier molecular flexibility index (Phi) is 4.35. The number of fused-ring (bicyclic) bond motifs is 1. The topological polar surface area (TPSA) is 42.2 Å². The number of hydrogen-bond donors (Lipinski definition) is 1. The molecule has 0 aliphatic heterocycles. The molecule has 0 saturated heterocycles. The molecule has 5 heteroatoms. The summed E-state index contributed by atoms with van der Waals surface area (Å²) >= 11 is 1.77. The van der Waals surface area contributed by atoms with Crippen molar-refractivity contribution in [1.29, 1.82) is 0 Å². The summed E-state index contributed by atoms with van der Waals surface area (Å²) in [6, 6.07) is 6.73. The highest BCUT2D eigenvalue weighted by atomic mass is 32.2. The molecule has 1 N–H and O–H groups in total. The maximum atomic E-state index is 4.23. The maximum absolute atomic E-state index is 4.23. The molecule has 1 aliphatic rings. The highest BCUT2D eigenvalue weighted by Crippen LogP contribution is 2.18. The van der Waals surface area contributed by atoms with Crippen LogP contribution in [0.5, 0.6) is 0 Å². The maximum Gasteiger partial charge on any atom is 0.195 e. The van der Waals surface area contributed by atoms with E-state index in [4.69, 9.17) is 0 Å². The average Bonchev–Trinajstić information content (AvgIpc) is 2.88. The summed E-state index contributed by atoms with van der Waals surface area (Å²) in [5, 5.41) is 13.0. The standard InChI is InChI=1S/C14H20N4S/c1-2-6-12(7-3-1)15-9-11-19-14-17-16-13-8-4-5-10-18(13)14/h4-5,8,10,12,15H,1-3,6-7,9,11H2. The predicted octanol–water partition coefficient (Wildman–Crippen LogP) is 2.74. The summed E-state index contributed by atoms with van der Waals surface area (Å²) in [5.74, 6) is 1.05. The first-order valence-corrected chi connectivity index (χ1v) is 8.08. The van der Waals surface area contributed by atoms with E-state index in [1.807, 2.05) is 28.8 Å². The molecule has 0 atom stereocenters. The zero-order chi connectivity index (χ0) is 12.9. The van der Waals surface area contributed by atoms with Crippen LogP contribution in [0, 0.1) is 0 Å². The molecule has 0 spiro atoms. The van der Waals surface area contributed by atoms with Crippen LogP contribution >= 0.6 is 11.8 Å². The number of rotatable bonds is 5. The zero-order valence-corrected chi connectivity index (χ0v) is 11.9. The van der Waals surface area contributed by atoms with Crippen molar-refractivity contribution >= 4 is 17.4 Å². The summed E-state index contributed by atoms with van der Waals surface area (Å²) in [4.78, 5) is 0. The fraction of sp³-hybridized carbons (Fsp3) is 0.571. The van der Waals surface area contributed by atoms with Crippen LogP contribution < -0.4 is 5.32 Å². The molecule has 1 fully saturated rings. The number of nitrogens with one attached hydrogen (secondary N) is 1. The Morgan fingerprint density at radius 2 is 2.11 bits per heavy atom. The Hall–Kier alpha value is -1.07. The molecule has 1 saturated carbocycles. The molecule has 0 unspecified atom stereocenters. The lowest BCUT2D eigenvalue weighted by atomic mass is 9.96. The molecule has 0 radical (unpaired) electrons. The molecule has 19 heavy (non-hydrogen) atoms. The van der Waals surface area contributed by atoms with Crippen molar-refractivity contribution in [2.24, 2.45) is 0 Å². The molecular weight excluding hydrogens is 256 g/mol. The Morgan fingerprint density at radius 1 is 1.21 bits per heavy atom. The minimum atomic E-state index is 0.740. The Labute approximate surface area is 118 Å². The second-order valence-corrected chi connectivity index (χ2v) is 6.11. The van der Waals surface area contributed by atoms with E-state index in [0.717, 1.165) is 29.1 Å². The predicted molar refractivity (Wildman–Crippen MR) is 78.6 cm³/mol. The Bertz CT molecular complexity index is 519. The van der Waals surface area contributed by atoms with Crippen LogP contribution in [0.2, 0.25) is 0 Å². The highest BCUT2D eigenvalue weighted by molar-refractivity contribution is 7.99. The minimum Gasteiger partial charge on any atom is -0.313 e. The van der Waals surface area contributed by atoms with Crippen LogP contribution in [0.25, 0.3) is 5.65 Å². The molecule has 1 aliphatic carbocycles. The highest BCUT2D eigenvalue weighted by Gasteiger charge is 2.12. The normalized spacial score (nSPS) is 17.1. The SMILES string of the molecule is c1ccn2c(SCCNC3CCCCC3)nnc2c1. The van der Waals surface area contributed by atoms with E-state index < -0.39 is 0 Å². The van der Waals surface area contributed by atoms with Gasteiger partial charge in [-0.25, -0.2) is 0 Å². The van der Waals surface area contributed by atoms with Gasteiger partial charge in [-0.05, 0) is 25.0 Å². The van der Waals surface area contributed by atoms with Crippen molar-refractivity contribution in [2.75, 3.05) is 12.3 Å². The van der Waals surface area contributed by atoms with Gasteiger partial charge in [-0.1, -0.05) is 37.1 Å². The second kappa shape index (κ2) is 6.39. The Morgan fingerprint density at radius 3 is 3.00 bits per heavy atom. The summed E-state index contributed by atoms with van der Waals surface area (Å²) in [7, 11) is 0. The van der Waals surface area contributed by atoms with Crippen LogP contribution in [-0.4, -0.2) is 32.9 Å². The number of thioether (sulfide) groups is 1. The van der Waals surface area contributed by atoms with Crippen molar-refractivity contribution in [2.45, 2.75) is 43.3 Å². The van der Waals surface area contributed by atoms with Crippen molar-refractivity contribution in [3.05, 3.63) is 24.4 Å². The van der Waals surface area contributed by atoms with Gasteiger partial charge in [0.15, 0.2) is 10.8 Å². The van der Waals surface area contributed by atoms with E-state index in [1.54, 1.807) is 11.8 Å². The number of pyridine rings is 1. The lowest BCUT2D eigenvalue weighted by Gasteiger charge is -2.22. The minimum absolute atomic E-state index is 0.740. The van der Waals surface area contributed by atoms with Gasteiger partial charge in [-0.15, -0.1) is 10.2 Å². The van der Waals surface area contributed by atoms with Gasteiger partial charge in [0.05, 0.1) is 0 Å². The number of hydrogen-bond acceptors (Lipinski definition) is 4. The van der Waals surface area contributed by atoms with Crippen LogP contribution in [0.15, 0.2) is 29.6 Å².